The fraction of sp³-hybridized carbons (Fsp3) is 0.286. The number of benzene rings is 2. The van der Waals surface area contributed by atoms with Crippen LogP contribution in [0.1, 0.15) is 23.1 Å². The van der Waals surface area contributed by atoms with Crippen molar-refractivity contribution >= 4 is 17.5 Å². The Morgan fingerprint density at radius 3 is 2.54 bits per heavy atom. The number of rotatable bonds is 2. The van der Waals surface area contributed by atoms with Crippen LogP contribution in [0.15, 0.2) is 54.7 Å². The first-order valence-corrected chi connectivity index (χ1v) is 9.25. The van der Waals surface area contributed by atoms with E-state index in [1.165, 1.54) is 22.4 Å². The van der Waals surface area contributed by atoms with Gasteiger partial charge in [-0.05, 0) is 42.0 Å². The van der Waals surface area contributed by atoms with E-state index < -0.39 is 0 Å². The molecule has 2 aliphatic heterocycles. The van der Waals surface area contributed by atoms with Crippen LogP contribution in [-0.4, -0.2) is 28.3 Å². The van der Waals surface area contributed by atoms with E-state index >= 15 is 0 Å². The molecule has 5 heteroatoms. The van der Waals surface area contributed by atoms with E-state index in [-0.39, 0.29) is 0 Å². The molecule has 2 aliphatic rings. The molecule has 0 bridgehead atoms. The highest BCUT2D eigenvalue weighted by Crippen LogP contribution is 2.32. The summed E-state index contributed by atoms with van der Waals surface area (Å²) in [5, 5.41) is 8.59. The topological polar surface area (TPSA) is 45.2 Å². The van der Waals surface area contributed by atoms with E-state index in [9.17, 15) is 0 Å². The van der Waals surface area contributed by atoms with Gasteiger partial charge in [0.1, 0.15) is 0 Å². The van der Waals surface area contributed by atoms with Crippen molar-refractivity contribution in [2.45, 2.75) is 25.8 Å². The fourth-order valence-electron chi connectivity index (χ4n) is 3.99. The van der Waals surface area contributed by atoms with Crippen LogP contribution in [-0.2, 0) is 19.4 Å². The third-order valence-corrected chi connectivity index (χ3v) is 5.34. The molecule has 0 aliphatic carbocycles. The molecule has 1 aromatic heterocycles. The Labute approximate surface area is 153 Å². The molecule has 0 spiro atoms. The van der Waals surface area contributed by atoms with Crippen molar-refractivity contribution in [3.8, 4) is 0 Å². The van der Waals surface area contributed by atoms with Crippen molar-refractivity contribution in [1.82, 2.24) is 15.2 Å². The molecule has 0 saturated carbocycles. The maximum absolute atomic E-state index is 4.87. The molecule has 0 saturated heterocycles. The minimum absolute atomic E-state index is 0.722. The van der Waals surface area contributed by atoms with Gasteiger partial charge in [-0.1, -0.05) is 42.5 Å². The fourth-order valence-corrected chi connectivity index (χ4v) is 3.99. The van der Waals surface area contributed by atoms with Crippen molar-refractivity contribution in [3.63, 3.8) is 0 Å². The van der Waals surface area contributed by atoms with Gasteiger partial charge in [-0.3, -0.25) is 0 Å². The van der Waals surface area contributed by atoms with Crippen molar-refractivity contribution in [3.05, 3.63) is 71.4 Å². The van der Waals surface area contributed by atoms with Crippen LogP contribution in [0.2, 0.25) is 0 Å². The molecular weight excluding hydrogens is 322 g/mol. The van der Waals surface area contributed by atoms with Gasteiger partial charge < -0.3 is 9.80 Å². The van der Waals surface area contributed by atoms with E-state index in [4.69, 9.17) is 4.98 Å². The number of aryl methyl sites for hydroxylation is 1. The third kappa shape index (κ3) is 2.69. The lowest BCUT2D eigenvalue weighted by Gasteiger charge is -2.32. The first-order chi connectivity index (χ1) is 12.9. The smallest absolute Gasteiger partial charge is 0.247 e. The highest BCUT2D eigenvalue weighted by atomic mass is 15.4. The second-order valence-electron chi connectivity index (χ2n) is 6.94. The van der Waals surface area contributed by atoms with Crippen LogP contribution in [0.3, 0.4) is 0 Å². The van der Waals surface area contributed by atoms with Crippen molar-refractivity contribution in [2.24, 2.45) is 0 Å². The van der Waals surface area contributed by atoms with E-state index in [1.54, 1.807) is 6.20 Å². The summed E-state index contributed by atoms with van der Waals surface area (Å²) >= 11 is 0. The molecule has 0 N–H and O–H groups in total. The molecule has 26 heavy (non-hydrogen) atoms. The molecule has 3 heterocycles. The summed E-state index contributed by atoms with van der Waals surface area (Å²) in [6.07, 6.45) is 5.06. The van der Waals surface area contributed by atoms with Crippen LogP contribution in [0.4, 0.5) is 17.5 Å². The number of hydrogen-bond acceptors (Lipinski definition) is 5. The van der Waals surface area contributed by atoms with Crippen molar-refractivity contribution in [1.29, 1.82) is 0 Å². The van der Waals surface area contributed by atoms with Gasteiger partial charge in [0.15, 0.2) is 5.82 Å². The molecular formula is C21H21N5. The Bertz CT molecular complexity index is 939. The summed E-state index contributed by atoms with van der Waals surface area (Å²) in [4.78, 5) is 9.37. The second-order valence-corrected chi connectivity index (χ2v) is 6.94. The highest BCUT2D eigenvalue weighted by Gasteiger charge is 2.22. The lowest BCUT2D eigenvalue weighted by Crippen LogP contribution is -2.33. The molecule has 0 amide bonds. The Balaban J connectivity index is 1.46. The van der Waals surface area contributed by atoms with Gasteiger partial charge in [0.25, 0.3) is 0 Å². The number of para-hydroxylation sites is 1. The number of aromatic nitrogens is 3. The van der Waals surface area contributed by atoms with Crippen LogP contribution in [0.5, 0.6) is 0 Å². The Morgan fingerprint density at radius 1 is 0.808 bits per heavy atom. The van der Waals surface area contributed by atoms with Crippen LogP contribution in [0.25, 0.3) is 0 Å². The summed E-state index contributed by atoms with van der Waals surface area (Å²) in [7, 11) is 0. The molecule has 130 valence electrons. The maximum atomic E-state index is 4.87. The summed E-state index contributed by atoms with van der Waals surface area (Å²) in [6.45, 7) is 2.74. The lowest BCUT2D eigenvalue weighted by molar-refractivity contribution is 0.691. The predicted molar refractivity (Wildman–Crippen MR) is 103 cm³/mol. The normalized spacial score (nSPS) is 16.2. The molecule has 0 atom stereocenters. The summed E-state index contributed by atoms with van der Waals surface area (Å²) in [6, 6.07) is 17.2. The van der Waals surface area contributed by atoms with Gasteiger partial charge >= 0.3 is 0 Å². The molecule has 2 aromatic carbocycles. The minimum atomic E-state index is 0.722. The van der Waals surface area contributed by atoms with E-state index in [1.807, 2.05) is 0 Å². The standard InChI is InChI=1S/C21H21N5/c1-2-8-18-15-25(13-11-16(18)6-1)21-23-20(14-22-24-21)26-12-5-9-17-7-3-4-10-19(17)26/h1-4,6-8,10,14H,5,9,11-13,15H2. The molecule has 5 rings (SSSR count). The van der Waals surface area contributed by atoms with Gasteiger partial charge in [0.05, 0.1) is 6.20 Å². The van der Waals surface area contributed by atoms with E-state index in [0.29, 0.717) is 0 Å². The monoisotopic (exact) mass is 343 g/mol. The maximum Gasteiger partial charge on any atom is 0.247 e. The zero-order valence-electron chi connectivity index (χ0n) is 14.7. The van der Waals surface area contributed by atoms with Crippen molar-refractivity contribution in [2.75, 3.05) is 22.9 Å². The summed E-state index contributed by atoms with van der Waals surface area (Å²) in [5.74, 6) is 1.61. The summed E-state index contributed by atoms with van der Waals surface area (Å²) in [5.41, 5.74) is 5.41. The van der Waals surface area contributed by atoms with Gasteiger partial charge in [0.2, 0.25) is 5.95 Å². The Hall–Kier alpha value is -2.95. The van der Waals surface area contributed by atoms with Gasteiger partial charge in [-0.2, -0.15) is 10.1 Å². The predicted octanol–water partition coefficient (Wildman–Crippen LogP) is 3.52. The van der Waals surface area contributed by atoms with Crippen molar-refractivity contribution < 1.29 is 0 Å². The number of nitrogens with zero attached hydrogens (tertiary/aromatic N) is 5. The largest absolute Gasteiger partial charge is 0.335 e. The average Bonchev–Trinajstić information content (AvgIpc) is 2.73. The van der Waals surface area contributed by atoms with Crippen LogP contribution < -0.4 is 9.80 Å². The second kappa shape index (κ2) is 6.41. The van der Waals surface area contributed by atoms with E-state index in [2.05, 4.69) is 68.5 Å². The number of hydrogen-bond donors (Lipinski definition) is 0. The zero-order valence-corrected chi connectivity index (χ0v) is 14.7. The molecule has 0 unspecified atom stereocenters. The minimum Gasteiger partial charge on any atom is -0.335 e. The zero-order chi connectivity index (χ0) is 17.3. The van der Waals surface area contributed by atoms with Gasteiger partial charge in [0, 0.05) is 25.3 Å². The Morgan fingerprint density at radius 2 is 1.62 bits per heavy atom. The molecule has 0 radical (unpaired) electrons. The van der Waals surface area contributed by atoms with Gasteiger partial charge in [-0.15, -0.1) is 5.10 Å². The first-order valence-electron chi connectivity index (χ1n) is 9.25. The SMILES string of the molecule is c1ccc2c(c1)CCN(c1nncc(N3CCCc4ccccc43)n1)C2. The molecule has 0 fully saturated rings. The van der Waals surface area contributed by atoms with Crippen LogP contribution in [0, 0.1) is 0 Å². The first kappa shape index (κ1) is 15.3. The highest BCUT2D eigenvalue weighted by molar-refractivity contribution is 5.65. The lowest BCUT2D eigenvalue weighted by atomic mass is 10.0. The third-order valence-electron chi connectivity index (χ3n) is 5.34. The number of fused-ring (bicyclic) bond motifs is 2. The van der Waals surface area contributed by atoms with Gasteiger partial charge in [-0.25, -0.2) is 0 Å². The Kier molecular flexibility index (Phi) is 3.77. The molecule has 3 aromatic rings. The average molecular weight is 343 g/mol. The van der Waals surface area contributed by atoms with E-state index in [0.717, 1.165) is 50.7 Å². The molecule has 5 nitrogen and oxygen atoms in total. The number of anilines is 3. The van der Waals surface area contributed by atoms with Crippen LogP contribution >= 0.6 is 0 Å². The quantitative estimate of drug-likeness (QED) is 0.712. The summed E-state index contributed by atoms with van der Waals surface area (Å²) < 4.78 is 0.